The number of carboxylic acids is 1. The average Bonchev–Trinajstić information content (AvgIpc) is 2.95. The normalized spacial score (nSPS) is 11.0. The number of aromatic nitrogens is 1. The Morgan fingerprint density at radius 2 is 1.96 bits per heavy atom. The first-order valence-electron chi connectivity index (χ1n) is 6.80. The van der Waals surface area contributed by atoms with Gasteiger partial charge in [-0.3, -0.25) is 9.52 Å². The van der Waals surface area contributed by atoms with E-state index in [1.165, 1.54) is 17.3 Å². The van der Waals surface area contributed by atoms with Crippen LogP contribution in [0.3, 0.4) is 0 Å². The standard InChI is InChI=1S/C14H15N3O5S2/c1-10(18)17(11-5-3-2-4-6-11)7-8-24(21,22)16-13-12(14(19)20)15-9-23-13/h2-6,9,16H,7-8H2,1H3,(H,19,20). The SMILES string of the molecule is CC(=O)N(CCS(=O)(=O)Nc1scnc1C(=O)O)c1ccccc1. The lowest BCUT2D eigenvalue weighted by molar-refractivity contribution is -0.116. The molecule has 0 bridgehead atoms. The molecule has 0 spiro atoms. The fourth-order valence-electron chi connectivity index (χ4n) is 1.95. The van der Waals surface area contributed by atoms with Crippen LogP contribution in [0, 0.1) is 0 Å². The van der Waals surface area contributed by atoms with Gasteiger partial charge in [-0.25, -0.2) is 18.2 Å². The fraction of sp³-hybridized carbons (Fsp3) is 0.214. The van der Waals surface area contributed by atoms with Gasteiger partial charge in [0.25, 0.3) is 0 Å². The number of anilines is 2. The summed E-state index contributed by atoms with van der Waals surface area (Å²) in [6, 6.07) is 8.68. The van der Waals surface area contributed by atoms with Crippen molar-refractivity contribution in [2.45, 2.75) is 6.92 Å². The number of aromatic carboxylic acids is 1. The molecular formula is C14H15N3O5S2. The number of carbonyl (C=O) groups is 2. The second-order valence-corrected chi connectivity index (χ2v) is 7.46. The predicted molar refractivity (Wildman–Crippen MR) is 91.0 cm³/mol. The maximum absolute atomic E-state index is 12.2. The molecule has 0 aliphatic carbocycles. The van der Waals surface area contributed by atoms with Crippen molar-refractivity contribution in [1.82, 2.24) is 4.98 Å². The minimum absolute atomic E-state index is 0.0587. The van der Waals surface area contributed by atoms with E-state index in [2.05, 4.69) is 9.71 Å². The van der Waals surface area contributed by atoms with Crippen LogP contribution < -0.4 is 9.62 Å². The van der Waals surface area contributed by atoms with Crippen LogP contribution in [0.25, 0.3) is 0 Å². The quantitative estimate of drug-likeness (QED) is 0.766. The Balaban J connectivity index is 2.10. The minimum Gasteiger partial charge on any atom is -0.476 e. The molecule has 8 nitrogen and oxygen atoms in total. The Morgan fingerprint density at radius 1 is 1.29 bits per heavy atom. The van der Waals surface area contributed by atoms with E-state index >= 15 is 0 Å². The number of nitrogens with one attached hydrogen (secondary N) is 1. The number of benzene rings is 1. The number of carboxylic acid groups (broad SMARTS) is 1. The van der Waals surface area contributed by atoms with Gasteiger partial charge in [-0.2, -0.15) is 0 Å². The third-order valence-electron chi connectivity index (χ3n) is 3.05. The van der Waals surface area contributed by atoms with Crippen LogP contribution in [-0.4, -0.2) is 42.7 Å². The molecule has 0 saturated carbocycles. The molecule has 2 rings (SSSR count). The molecule has 2 N–H and O–H groups in total. The highest BCUT2D eigenvalue weighted by molar-refractivity contribution is 7.92. The van der Waals surface area contributed by atoms with Crippen molar-refractivity contribution >= 4 is 43.9 Å². The number of hydrogen-bond donors (Lipinski definition) is 2. The first kappa shape index (κ1) is 17.9. The number of hydrogen-bond acceptors (Lipinski definition) is 6. The van der Waals surface area contributed by atoms with Crippen molar-refractivity contribution < 1.29 is 23.1 Å². The molecule has 128 valence electrons. The molecule has 0 unspecified atom stereocenters. The Morgan fingerprint density at radius 3 is 2.54 bits per heavy atom. The second-order valence-electron chi connectivity index (χ2n) is 4.76. The lowest BCUT2D eigenvalue weighted by atomic mass is 10.3. The van der Waals surface area contributed by atoms with Crippen molar-refractivity contribution in [2.75, 3.05) is 21.9 Å². The van der Waals surface area contributed by atoms with Crippen molar-refractivity contribution in [1.29, 1.82) is 0 Å². The largest absolute Gasteiger partial charge is 0.476 e. The fourth-order valence-corrected chi connectivity index (χ4v) is 3.94. The Hall–Kier alpha value is -2.46. The Bertz CT molecular complexity index is 833. The molecule has 2 aromatic rings. The van der Waals surface area contributed by atoms with Gasteiger partial charge < -0.3 is 10.0 Å². The summed E-state index contributed by atoms with van der Waals surface area (Å²) < 4.78 is 26.5. The highest BCUT2D eigenvalue weighted by atomic mass is 32.2. The van der Waals surface area contributed by atoms with Crippen LogP contribution in [0.2, 0.25) is 0 Å². The van der Waals surface area contributed by atoms with Crippen LogP contribution in [0.1, 0.15) is 17.4 Å². The van der Waals surface area contributed by atoms with Crippen molar-refractivity contribution in [3.8, 4) is 0 Å². The first-order chi connectivity index (χ1) is 11.3. The van der Waals surface area contributed by atoms with Crippen LogP contribution in [-0.2, 0) is 14.8 Å². The van der Waals surface area contributed by atoms with E-state index in [1.807, 2.05) is 0 Å². The lowest BCUT2D eigenvalue weighted by Crippen LogP contribution is -2.34. The van der Waals surface area contributed by atoms with Gasteiger partial charge in [-0.05, 0) is 12.1 Å². The Kier molecular flexibility index (Phi) is 5.52. The van der Waals surface area contributed by atoms with Crippen LogP contribution in [0.4, 0.5) is 10.7 Å². The molecular weight excluding hydrogens is 354 g/mol. The average molecular weight is 369 g/mol. The summed E-state index contributed by atoms with van der Waals surface area (Å²) in [5.74, 6) is -1.98. The molecule has 0 saturated heterocycles. The van der Waals surface area contributed by atoms with Gasteiger partial charge in [0.15, 0.2) is 5.69 Å². The summed E-state index contributed by atoms with van der Waals surface area (Å²) in [7, 11) is -3.83. The van der Waals surface area contributed by atoms with Crippen LogP contribution in [0.5, 0.6) is 0 Å². The number of amides is 1. The molecule has 0 fully saturated rings. The van der Waals surface area contributed by atoms with Crippen molar-refractivity contribution in [3.05, 3.63) is 41.5 Å². The van der Waals surface area contributed by atoms with E-state index in [1.54, 1.807) is 30.3 Å². The van der Waals surface area contributed by atoms with Gasteiger partial charge in [-0.1, -0.05) is 18.2 Å². The zero-order valence-corrected chi connectivity index (χ0v) is 14.3. The Labute approximate surface area is 142 Å². The summed E-state index contributed by atoms with van der Waals surface area (Å²) in [5, 5.41) is 8.89. The number of nitrogens with zero attached hydrogens (tertiary/aromatic N) is 2. The number of rotatable bonds is 7. The van der Waals surface area contributed by atoms with E-state index in [0.29, 0.717) is 5.69 Å². The molecule has 0 aliphatic rings. The third-order valence-corrected chi connectivity index (χ3v) is 5.16. The van der Waals surface area contributed by atoms with E-state index < -0.39 is 16.0 Å². The summed E-state index contributed by atoms with van der Waals surface area (Å²) in [6.07, 6.45) is 0. The zero-order valence-electron chi connectivity index (χ0n) is 12.7. The molecule has 1 amide bonds. The van der Waals surface area contributed by atoms with Gasteiger partial charge in [0.2, 0.25) is 15.9 Å². The number of sulfonamides is 1. The molecule has 0 radical (unpaired) electrons. The summed E-state index contributed by atoms with van der Waals surface area (Å²) in [4.78, 5) is 27.6. The molecule has 0 atom stereocenters. The minimum atomic E-state index is -3.83. The lowest BCUT2D eigenvalue weighted by Gasteiger charge is -2.21. The van der Waals surface area contributed by atoms with Crippen molar-refractivity contribution in [3.63, 3.8) is 0 Å². The van der Waals surface area contributed by atoms with Crippen LogP contribution >= 0.6 is 11.3 Å². The first-order valence-corrected chi connectivity index (χ1v) is 9.34. The van der Waals surface area contributed by atoms with Gasteiger partial charge in [-0.15, -0.1) is 11.3 Å². The van der Waals surface area contributed by atoms with Crippen molar-refractivity contribution in [2.24, 2.45) is 0 Å². The summed E-state index contributed by atoms with van der Waals surface area (Å²) >= 11 is 0.879. The van der Waals surface area contributed by atoms with Gasteiger partial charge in [0, 0.05) is 19.2 Å². The van der Waals surface area contributed by atoms with Gasteiger partial charge in [0.05, 0.1) is 11.3 Å². The third kappa shape index (κ3) is 4.52. The van der Waals surface area contributed by atoms with Crippen LogP contribution in [0.15, 0.2) is 35.8 Å². The maximum atomic E-state index is 12.2. The van der Waals surface area contributed by atoms with E-state index in [0.717, 1.165) is 11.3 Å². The number of thiazole rings is 1. The molecule has 1 heterocycles. The van der Waals surface area contributed by atoms with E-state index in [-0.39, 0.29) is 28.9 Å². The second kappa shape index (κ2) is 7.41. The van der Waals surface area contributed by atoms with Gasteiger partial charge >= 0.3 is 5.97 Å². The summed E-state index contributed by atoms with van der Waals surface area (Å²) in [5.41, 5.74) is 1.48. The monoisotopic (exact) mass is 369 g/mol. The maximum Gasteiger partial charge on any atom is 0.357 e. The molecule has 1 aromatic carbocycles. The van der Waals surface area contributed by atoms with Gasteiger partial charge in [0.1, 0.15) is 5.00 Å². The number of para-hydroxylation sites is 1. The molecule has 1 aromatic heterocycles. The van der Waals surface area contributed by atoms with E-state index in [9.17, 15) is 18.0 Å². The van der Waals surface area contributed by atoms with E-state index in [4.69, 9.17) is 5.11 Å². The summed E-state index contributed by atoms with van der Waals surface area (Å²) in [6.45, 7) is 1.29. The molecule has 24 heavy (non-hydrogen) atoms. The molecule has 10 heteroatoms. The number of carbonyl (C=O) groups excluding carboxylic acids is 1. The highest BCUT2D eigenvalue weighted by Crippen LogP contribution is 2.22. The predicted octanol–water partition coefficient (Wildman–Crippen LogP) is 1.64. The highest BCUT2D eigenvalue weighted by Gasteiger charge is 2.21. The zero-order chi connectivity index (χ0) is 17.7. The topological polar surface area (TPSA) is 117 Å². The smallest absolute Gasteiger partial charge is 0.357 e. The molecule has 0 aliphatic heterocycles.